The zero-order valence-electron chi connectivity index (χ0n) is 18.3. The quantitative estimate of drug-likeness (QED) is 0.344. The van der Waals surface area contributed by atoms with Crippen LogP contribution in [0.2, 0.25) is 0 Å². The Hall–Kier alpha value is 0.0400. The second-order valence-electron chi connectivity index (χ2n) is 8.97. The first-order valence-electron chi connectivity index (χ1n) is 12.3. The first-order valence-corrected chi connectivity index (χ1v) is 16.4. The summed E-state index contributed by atoms with van der Waals surface area (Å²) in [4.78, 5) is 25.1. The van der Waals surface area contributed by atoms with Crippen LogP contribution in [-0.2, 0) is 9.59 Å². The second kappa shape index (κ2) is 15.8. The van der Waals surface area contributed by atoms with Gasteiger partial charge in [-0.2, -0.15) is 0 Å². The van der Waals surface area contributed by atoms with Crippen LogP contribution in [0.4, 0.5) is 0 Å². The van der Waals surface area contributed by atoms with Crippen LogP contribution in [0, 0.1) is 0 Å². The molecule has 0 radical (unpaired) electrons. The molecule has 2 saturated heterocycles. The fourth-order valence-electron chi connectivity index (χ4n) is 4.55. The molecular weight excluding hydrogens is 384 g/mol. The van der Waals surface area contributed by atoms with Gasteiger partial charge in [-0.3, -0.25) is 9.59 Å². The van der Waals surface area contributed by atoms with Gasteiger partial charge < -0.3 is 0 Å². The van der Waals surface area contributed by atoms with E-state index in [0.29, 0.717) is 11.6 Å². The van der Waals surface area contributed by atoms with E-state index in [9.17, 15) is 9.59 Å². The Morgan fingerprint density at radius 1 is 0.393 bits per heavy atom. The van der Waals surface area contributed by atoms with E-state index in [1.807, 2.05) is 0 Å². The fourth-order valence-corrected chi connectivity index (χ4v) is 13.0. The van der Waals surface area contributed by atoms with Gasteiger partial charge in [-0.25, -0.2) is 19.9 Å². The SMILES string of the molecule is O=C1CCCCCCCCC[SH]([SH]2CCCCCCCCCCC(=O)C2)CC1. The molecule has 28 heavy (non-hydrogen) atoms. The van der Waals surface area contributed by atoms with Gasteiger partial charge in [0, 0.05) is 25.0 Å². The van der Waals surface area contributed by atoms with Crippen LogP contribution in [-0.4, -0.2) is 34.6 Å². The van der Waals surface area contributed by atoms with Gasteiger partial charge in [-0.1, -0.05) is 70.6 Å². The average molecular weight is 431 g/mol. The summed E-state index contributed by atoms with van der Waals surface area (Å²) in [5.74, 6) is 5.70. The lowest BCUT2D eigenvalue weighted by Crippen LogP contribution is -2.12. The van der Waals surface area contributed by atoms with Gasteiger partial charge in [0.2, 0.25) is 0 Å². The Morgan fingerprint density at radius 2 is 0.821 bits per heavy atom. The van der Waals surface area contributed by atoms with Crippen molar-refractivity contribution in [1.82, 2.24) is 0 Å². The maximum absolute atomic E-state index is 12.7. The average Bonchev–Trinajstić information content (AvgIpc) is 2.72. The zero-order chi connectivity index (χ0) is 19.9. The highest BCUT2D eigenvalue weighted by atomic mass is 33.2. The maximum Gasteiger partial charge on any atom is 0.141 e. The summed E-state index contributed by atoms with van der Waals surface area (Å²) in [6.07, 6.45) is 22.0. The lowest BCUT2D eigenvalue weighted by Gasteiger charge is -2.35. The van der Waals surface area contributed by atoms with Crippen molar-refractivity contribution >= 4 is 31.4 Å². The standard InChI is InChI=1S/C24H46O2S2/c25-23-16-12-8-5-3-7-10-14-19-27(21-18-23)28-20-15-11-6-2-1-4-9-13-17-24(26)22-28/h27-28H,1-22H2. The summed E-state index contributed by atoms with van der Waals surface area (Å²) >= 11 is 0. The third-order valence-corrected chi connectivity index (χ3v) is 14.9. The summed E-state index contributed by atoms with van der Waals surface area (Å²) < 4.78 is 0. The highest BCUT2D eigenvalue weighted by Crippen LogP contribution is 2.55. The van der Waals surface area contributed by atoms with E-state index in [-0.39, 0.29) is 19.9 Å². The number of Topliss-reactive ketones (excluding diaryl/α,β-unsaturated/α-hetero) is 2. The molecular formula is C24H46O2S2. The maximum atomic E-state index is 12.7. The third-order valence-electron chi connectivity index (χ3n) is 6.40. The molecule has 2 atom stereocenters. The Balaban J connectivity index is 1.96. The molecule has 0 saturated carbocycles. The van der Waals surface area contributed by atoms with E-state index >= 15 is 0 Å². The van der Waals surface area contributed by atoms with Crippen LogP contribution in [0.25, 0.3) is 0 Å². The largest absolute Gasteiger partial charge is 0.300 e. The van der Waals surface area contributed by atoms with Crippen LogP contribution in [0.3, 0.4) is 0 Å². The van der Waals surface area contributed by atoms with Crippen LogP contribution in [0.15, 0.2) is 0 Å². The van der Waals surface area contributed by atoms with Gasteiger partial charge >= 0.3 is 0 Å². The van der Waals surface area contributed by atoms with Gasteiger partial charge in [-0.05, 0) is 42.9 Å². The van der Waals surface area contributed by atoms with Gasteiger partial charge in [0.05, 0.1) is 0 Å². The molecule has 2 nitrogen and oxygen atoms in total. The van der Waals surface area contributed by atoms with Crippen LogP contribution in [0.1, 0.15) is 116 Å². The topological polar surface area (TPSA) is 34.1 Å². The molecule has 2 aliphatic rings. The number of hydrogen-bond acceptors (Lipinski definition) is 2. The minimum absolute atomic E-state index is 0.0931. The molecule has 2 aliphatic heterocycles. The molecule has 0 aliphatic carbocycles. The Kier molecular flexibility index (Phi) is 13.7. The minimum Gasteiger partial charge on any atom is -0.300 e. The van der Waals surface area contributed by atoms with Crippen molar-refractivity contribution in [1.29, 1.82) is 0 Å². The van der Waals surface area contributed by atoms with E-state index in [1.54, 1.807) is 0 Å². The smallest absolute Gasteiger partial charge is 0.141 e. The molecule has 0 aromatic rings. The summed E-state index contributed by atoms with van der Waals surface area (Å²) in [6, 6.07) is 0. The van der Waals surface area contributed by atoms with Gasteiger partial charge in [0.1, 0.15) is 11.6 Å². The second-order valence-corrected chi connectivity index (χ2v) is 16.1. The van der Waals surface area contributed by atoms with Crippen molar-refractivity contribution in [2.24, 2.45) is 0 Å². The Bertz CT molecular complexity index is 438. The molecule has 0 aromatic heterocycles. The van der Waals surface area contributed by atoms with Crippen LogP contribution in [0.5, 0.6) is 0 Å². The van der Waals surface area contributed by atoms with E-state index < -0.39 is 0 Å². The first-order chi connectivity index (χ1) is 13.8. The first kappa shape index (κ1) is 24.3. The van der Waals surface area contributed by atoms with E-state index in [4.69, 9.17) is 0 Å². The summed E-state index contributed by atoms with van der Waals surface area (Å²) in [7, 11) is -0.252. The van der Waals surface area contributed by atoms with Gasteiger partial charge in [0.25, 0.3) is 0 Å². The molecule has 166 valence electrons. The van der Waals surface area contributed by atoms with Crippen LogP contribution >= 0.6 is 19.9 Å². The fraction of sp³-hybridized carbons (Fsp3) is 0.917. The molecule has 2 unspecified atom stereocenters. The summed E-state index contributed by atoms with van der Waals surface area (Å²) in [5, 5.41) is 0. The van der Waals surface area contributed by atoms with Gasteiger partial charge in [-0.15, -0.1) is 0 Å². The third kappa shape index (κ3) is 11.3. The van der Waals surface area contributed by atoms with Crippen molar-refractivity contribution in [2.75, 3.05) is 23.0 Å². The molecule has 2 fully saturated rings. The predicted molar refractivity (Wildman–Crippen MR) is 131 cm³/mol. The lowest BCUT2D eigenvalue weighted by atomic mass is 10.1. The minimum atomic E-state index is -0.158. The highest BCUT2D eigenvalue weighted by Gasteiger charge is 2.19. The highest BCUT2D eigenvalue weighted by molar-refractivity contribution is 8.93. The molecule has 2 rings (SSSR count). The zero-order valence-corrected chi connectivity index (χ0v) is 20.1. The summed E-state index contributed by atoms with van der Waals surface area (Å²) in [5.41, 5.74) is 0. The number of rotatable bonds is 1. The molecule has 0 aromatic carbocycles. The van der Waals surface area contributed by atoms with Crippen molar-refractivity contribution in [3.8, 4) is 0 Å². The number of carbonyl (C=O) groups excluding carboxylic acids is 2. The Morgan fingerprint density at radius 3 is 1.39 bits per heavy atom. The number of ketones is 2. The number of hydrogen-bond donors (Lipinski definition) is 2. The van der Waals surface area contributed by atoms with Crippen molar-refractivity contribution in [2.45, 2.75) is 116 Å². The normalized spacial score (nSPS) is 31.9. The van der Waals surface area contributed by atoms with E-state index in [1.165, 1.54) is 95.0 Å². The van der Waals surface area contributed by atoms with E-state index in [0.717, 1.165) is 43.6 Å². The van der Waals surface area contributed by atoms with Crippen LogP contribution < -0.4 is 0 Å². The predicted octanol–water partition coefficient (Wildman–Crippen LogP) is 7.09. The van der Waals surface area contributed by atoms with E-state index in [2.05, 4.69) is 0 Å². The van der Waals surface area contributed by atoms with Crippen molar-refractivity contribution < 1.29 is 9.59 Å². The molecule has 0 spiro atoms. The Labute approximate surface area is 179 Å². The molecule has 4 heteroatoms. The van der Waals surface area contributed by atoms with Crippen molar-refractivity contribution in [3.63, 3.8) is 0 Å². The summed E-state index contributed by atoms with van der Waals surface area (Å²) in [6.45, 7) is 0. The molecule has 0 bridgehead atoms. The monoisotopic (exact) mass is 430 g/mol. The van der Waals surface area contributed by atoms with Gasteiger partial charge in [0.15, 0.2) is 0 Å². The molecule has 0 amide bonds. The van der Waals surface area contributed by atoms with Crippen molar-refractivity contribution in [3.05, 3.63) is 0 Å². The number of thiol groups is 2. The number of carbonyl (C=O) groups is 2. The molecule has 0 N–H and O–H groups in total. The molecule has 2 heterocycles. The lowest BCUT2D eigenvalue weighted by molar-refractivity contribution is -0.119.